The quantitative estimate of drug-likeness (QED) is 0.904. The number of fused-ring (bicyclic) bond motifs is 1. The van der Waals surface area contributed by atoms with E-state index in [1.54, 1.807) is 6.20 Å². The second-order valence-corrected chi connectivity index (χ2v) is 5.83. The molecule has 3 unspecified atom stereocenters. The summed E-state index contributed by atoms with van der Waals surface area (Å²) in [5.74, 6) is 0.259. The van der Waals surface area contributed by atoms with Crippen LogP contribution in [0.4, 0.5) is 0 Å². The normalized spacial score (nSPS) is 30.5. The van der Waals surface area contributed by atoms with Crippen LogP contribution in [0.15, 0.2) is 18.3 Å². The van der Waals surface area contributed by atoms with Crippen LogP contribution in [0.5, 0.6) is 0 Å². The fraction of sp³-hybridized carbons (Fsp3) is 0.600. The Bertz CT molecular complexity index is 489. The molecule has 0 bridgehead atoms. The molecule has 1 aromatic heterocycles. The lowest BCUT2D eigenvalue weighted by Gasteiger charge is -2.24. The zero-order valence-corrected chi connectivity index (χ0v) is 11.2. The Hall–Kier alpha value is -1.42. The number of carboxylic acids is 1. The Balaban J connectivity index is 1.81. The number of rotatable bonds is 3. The van der Waals surface area contributed by atoms with E-state index in [4.69, 9.17) is 0 Å². The van der Waals surface area contributed by atoms with Crippen molar-refractivity contribution in [2.45, 2.75) is 38.8 Å². The van der Waals surface area contributed by atoms with Gasteiger partial charge in [0.1, 0.15) is 6.04 Å². The number of carboxylic acid groups (broad SMARTS) is 1. The molecule has 3 rings (SSSR count). The number of aliphatic carboxylic acids is 1. The maximum atomic E-state index is 11.6. The van der Waals surface area contributed by atoms with Gasteiger partial charge in [0.15, 0.2) is 0 Å². The second kappa shape index (κ2) is 4.93. The van der Waals surface area contributed by atoms with E-state index in [1.165, 1.54) is 12.8 Å². The van der Waals surface area contributed by atoms with E-state index in [1.807, 2.05) is 19.1 Å². The molecular weight excluding hydrogens is 240 g/mol. The fourth-order valence-corrected chi connectivity index (χ4v) is 3.77. The van der Waals surface area contributed by atoms with Crippen molar-refractivity contribution >= 4 is 5.97 Å². The molecular formula is C15H20N2O2. The van der Waals surface area contributed by atoms with Gasteiger partial charge in [-0.15, -0.1) is 0 Å². The van der Waals surface area contributed by atoms with Crippen LogP contribution in [-0.4, -0.2) is 33.5 Å². The number of nitrogens with zero attached hydrogens (tertiary/aromatic N) is 2. The zero-order valence-electron chi connectivity index (χ0n) is 11.2. The molecule has 4 heteroatoms. The summed E-state index contributed by atoms with van der Waals surface area (Å²) in [7, 11) is 0. The molecule has 2 aliphatic rings. The van der Waals surface area contributed by atoms with Gasteiger partial charge >= 0.3 is 5.97 Å². The minimum Gasteiger partial charge on any atom is -0.480 e. The molecule has 1 N–H and O–H groups in total. The monoisotopic (exact) mass is 260 g/mol. The lowest BCUT2D eigenvalue weighted by molar-refractivity contribution is -0.143. The smallest absolute Gasteiger partial charge is 0.321 e. The van der Waals surface area contributed by atoms with Crippen molar-refractivity contribution in [2.24, 2.45) is 11.8 Å². The zero-order chi connectivity index (χ0) is 13.4. The minimum atomic E-state index is -0.664. The van der Waals surface area contributed by atoms with E-state index in [0.29, 0.717) is 18.4 Å². The van der Waals surface area contributed by atoms with Gasteiger partial charge in [0.2, 0.25) is 0 Å². The number of hydrogen-bond donors (Lipinski definition) is 1. The van der Waals surface area contributed by atoms with Crippen molar-refractivity contribution in [2.75, 3.05) is 6.54 Å². The van der Waals surface area contributed by atoms with Crippen LogP contribution < -0.4 is 0 Å². The second-order valence-electron chi connectivity index (χ2n) is 5.83. The summed E-state index contributed by atoms with van der Waals surface area (Å²) in [5, 5.41) is 9.52. The average molecular weight is 260 g/mol. The molecule has 3 atom stereocenters. The predicted molar refractivity (Wildman–Crippen MR) is 71.6 cm³/mol. The van der Waals surface area contributed by atoms with Gasteiger partial charge in [-0.1, -0.05) is 12.5 Å². The van der Waals surface area contributed by atoms with E-state index in [2.05, 4.69) is 9.88 Å². The maximum Gasteiger partial charge on any atom is 0.321 e. The molecule has 4 nitrogen and oxygen atoms in total. The maximum absolute atomic E-state index is 11.6. The fourth-order valence-electron chi connectivity index (χ4n) is 3.77. The molecule has 19 heavy (non-hydrogen) atoms. The third-order valence-electron chi connectivity index (χ3n) is 4.71. The average Bonchev–Trinajstić information content (AvgIpc) is 2.91. The SMILES string of the molecule is Cc1cccnc1CN1CC2CCCC2C1C(=O)O. The molecule has 102 valence electrons. The van der Waals surface area contributed by atoms with Crippen molar-refractivity contribution in [3.8, 4) is 0 Å². The first-order valence-corrected chi connectivity index (χ1v) is 7.04. The van der Waals surface area contributed by atoms with Crippen molar-refractivity contribution in [1.29, 1.82) is 0 Å². The minimum absolute atomic E-state index is 0.311. The van der Waals surface area contributed by atoms with Crippen molar-refractivity contribution < 1.29 is 9.90 Å². The molecule has 1 aliphatic carbocycles. The van der Waals surface area contributed by atoms with E-state index in [-0.39, 0.29) is 6.04 Å². The third-order valence-corrected chi connectivity index (χ3v) is 4.71. The van der Waals surface area contributed by atoms with Crippen LogP contribution in [0.1, 0.15) is 30.5 Å². The van der Waals surface area contributed by atoms with Crippen molar-refractivity contribution in [1.82, 2.24) is 9.88 Å². The summed E-state index contributed by atoms with van der Waals surface area (Å²) in [5.41, 5.74) is 2.15. The molecule has 0 spiro atoms. The van der Waals surface area contributed by atoms with Gasteiger partial charge in [0, 0.05) is 19.3 Å². The largest absolute Gasteiger partial charge is 0.480 e. The van der Waals surface area contributed by atoms with Gasteiger partial charge in [-0.25, -0.2) is 0 Å². The van der Waals surface area contributed by atoms with E-state index < -0.39 is 5.97 Å². The molecule has 1 aromatic rings. The number of aryl methyl sites for hydroxylation is 1. The van der Waals surface area contributed by atoms with Crippen molar-refractivity contribution in [3.63, 3.8) is 0 Å². The summed E-state index contributed by atoms with van der Waals surface area (Å²) < 4.78 is 0. The van der Waals surface area contributed by atoms with Gasteiger partial charge < -0.3 is 5.11 Å². The Morgan fingerprint density at radius 1 is 1.53 bits per heavy atom. The van der Waals surface area contributed by atoms with Crippen LogP contribution in [0.25, 0.3) is 0 Å². The van der Waals surface area contributed by atoms with Crippen LogP contribution in [-0.2, 0) is 11.3 Å². The van der Waals surface area contributed by atoms with Crippen LogP contribution in [0.3, 0.4) is 0 Å². The van der Waals surface area contributed by atoms with Gasteiger partial charge in [0.25, 0.3) is 0 Å². The Labute approximate surface area is 113 Å². The number of hydrogen-bond acceptors (Lipinski definition) is 3. The van der Waals surface area contributed by atoms with Crippen LogP contribution in [0.2, 0.25) is 0 Å². The van der Waals surface area contributed by atoms with Gasteiger partial charge in [-0.05, 0) is 43.2 Å². The topological polar surface area (TPSA) is 53.4 Å². The van der Waals surface area contributed by atoms with Crippen LogP contribution in [0, 0.1) is 18.8 Å². The van der Waals surface area contributed by atoms with Crippen LogP contribution >= 0.6 is 0 Å². The number of aromatic nitrogens is 1. The standard InChI is InChI=1S/C15H20N2O2/c1-10-4-3-7-16-13(10)9-17-8-11-5-2-6-12(11)14(17)15(18)19/h3-4,7,11-12,14H,2,5-6,8-9H2,1H3,(H,18,19). The first-order chi connectivity index (χ1) is 9.16. The lowest BCUT2D eigenvalue weighted by atomic mass is 9.94. The highest BCUT2D eigenvalue weighted by Gasteiger charge is 2.47. The molecule has 0 radical (unpaired) electrons. The number of likely N-dealkylation sites (tertiary alicyclic amines) is 1. The summed E-state index contributed by atoms with van der Waals surface area (Å²) in [4.78, 5) is 18.1. The summed E-state index contributed by atoms with van der Waals surface area (Å²) >= 11 is 0. The Kier molecular flexibility index (Phi) is 3.27. The third kappa shape index (κ3) is 2.25. The highest BCUT2D eigenvalue weighted by molar-refractivity contribution is 5.74. The molecule has 1 saturated carbocycles. The highest BCUT2D eigenvalue weighted by atomic mass is 16.4. The number of carbonyl (C=O) groups is 1. The molecule has 0 aromatic carbocycles. The van der Waals surface area contributed by atoms with E-state index >= 15 is 0 Å². The van der Waals surface area contributed by atoms with E-state index in [9.17, 15) is 9.90 Å². The summed E-state index contributed by atoms with van der Waals surface area (Å²) in [6, 6.07) is 3.65. The van der Waals surface area contributed by atoms with Gasteiger partial charge in [-0.3, -0.25) is 14.7 Å². The molecule has 2 fully saturated rings. The molecule has 1 saturated heterocycles. The Morgan fingerprint density at radius 2 is 2.37 bits per heavy atom. The molecule has 1 aliphatic heterocycles. The lowest BCUT2D eigenvalue weighted by Crippen LogP contribution is -2.39. The van der Waals surface area contributed by atoms with Gasteiger partial charge in [-0.2, -0.15) is 0 Å². The van der Waals surface area contributed by atoms with Gasteiger partial charge in [0.05, 0.1) is 5.69 Å². The number of pyridine rings is 1. The van der Waals surface area contributed by atoms with Crippen molar-refractivity contribution in [3.05, 3.63) is 29.6 Å². The first kappa shape index (κ1) is 12.6. The molecule has 0 amide bonds. The predicted octanol–water partition coefficient (Wildman–Crippen LogP) is 2.08. The summed E-state index contributed by atoms with van der Waals surface area (Å²) in [6.07, 6.45) is 5.23. The highest BCUT2D eigenvalue weighted by Crippen LogP contribution is 2.42. The first-order valence-electron chi connectivity index (χ1n) is 7.04. The summed E-state index contributed by atoms with van der Waals surface area (Å²) in [6.45, 7) is 3.61. The Morgan fingerprint density at radius 3 is 3.11 bits per heavy atom. The van der Waals surface area contributed by atoms with E-state index in [0.717, 1.165) is 24.2 Å². The molecule has 2 heterocycles.